The number of piperazine rings is 1. The molecule has 0 bridgehead atoms. The van der Waals surface area contributed by atoms with Gasteiger partial charge in [0.2, 0.25) is 0 Å². The van der Waals surface area contributed by atoms with Gasteiger partial charge in [0.25, 0.3) is 0 Å². The van der Waals surface area contributed by atoms with Crippen molar-refractivity contribution in [1.29, 1.82) is 0 Å². The van der Waals surface area contributed by atoms with Crippen molar-refractivity contribution in [1.82, 2.24) is 10.2 Å². The second-order valence-corrected chi connectivity index (χ2v) is 4.76. The van der Waals surface area contributed by atoms with Crippen LogP contribution in [0.15, 0.2) is 18.2 Å². The molecule has 1 heterocycles. The Balaban J connectivity index is 2.22. The molecule has 0 unspecified atom stereocenters. The molecule has 0 aromatic heterocycles. The third kappa shape index (κ3) is 3.06. The summed E-state index contributed by atoms with van der Waals surface area (Å²) in [6, 6.07) is 3.99. The van der Waals surface area contributed by atoms with E-state index in [4.69, 9.17) is 0 Å². The summed E-state index contributed by atoms with van der Waals surface area (Å²) in [7, 11) is 0. The van der Waals surface area contributed by atoms with E-state index in [2.05, 4.69) is 17.1 Å². The molecule has 2 rings (SSSR count). The molecule has 18 heavy (non-hydrogen) atoms. The standard InChI is InChI=1S/C14H20F2N2/c1-2-3-14(18-8-6-17-7-9-18)12-5-4-11(15)10-13(12)16/h4-5,10,14,17H,2-3,6-9H2,1H3/t14-/m0/s1. The van der Waals surface area contributed by atoms with Crippen LogP contribution in [0.5, 0.6) is 0 Å². The van der Waals surface area contributed by atoms with Crippen LogP contribution in [0.25, 0.3) is 0 Å². The quantitative estimate of drug-likeness (QED) is 0.888. The normalized spacial score (nSPS) is 18.8. The molecule has 1 N–H and O–H groups in total. The molecule has 1 aromatic carbocycles. The summed E-state index contributed by atoms with van der Waals surface area (Å²) in [4.78, 5) is 2.29. The molecule has 0 saturated carbocycles. The highest BCUT2D eigenvalue weighted by Gasteiger charge is 2.23. The van der Waals surface area contributed by atoms with Crippen LogP contribution in [-0.4, -0.2) is 31.1 Å². The van der Waals surface area contributed by atoms with Crippen LogP contribution < -0.4 is 5.32 Å². The third-order valence-electron chi connectivity index (χ3n) is 3.48. The summed E-state index contributed by atoms with van der Waals surface area (Å²) < 4.78 is 26.9. The predicted octanol–water partition coefficient (Wildman–Crippen LogP) is 2.71. The Morgan fingerprint density at radius 3 is 2.61 bits per heavy atom. The first-order chi connectivity index (χ1) is 8.72. The maximum Gasteiger partial charge on any atom is 0.130 e. The predicted molar refractivity (Wildman–Crippen MR) is 68.4 cm³/mol. The minimum absolute atomic E-state index is 0.0673. The maximum atomic E-state index is 13.9. The Hall–Kier alpha value is -1.00. The van der Waals surface area contributed by atoms with Crippen LogP contribution in [0, 0.1) is 11.6 Å². The molecular formula is C14H20F2N2. The Labute approximate surface area is 107 Å². The topological polar surface area (TPSA) is 15.3 Å². The molecule has 1 aliphatic heterocycles. The van der Waals surface area contributed by atoms with Gasteiger partial charge in [-0.05, 0) is 12.5 Å². The fourth-order valence-electron chi connectivity index (χ4n) is 2.57. The molecule has 1 saturated heterocycles. The van der Waals surface area contributed by atoms with Crippen molar-refractivity contribution in [3.05, 3.63) is 35.4 Å². The van der Waals surface area contributed by atoms with Gasteiger partial charge in [-0.25, -0.2) is 8.78 Å². The van der Waals surface area contributed by atoms with Crippen LogP contribution in [0.1, 0.15) is 31.4 Å². The van der Waals surface area contributed by atoms with E-state index in [9.17, 15) is 8.78 Å². The number of hydrogen-bond acceptors (Lipinski definition) is 2. The summed E-state index contributed by atoms with van der Waals surface area (Å²) in [5.74, 6) is -0.932. The number of nitrogens with one attached hydrogen (secondary N) is 1. The lowest BCUT2D eigenvalue weighted by Crippen LogP contribution is -2.45. The van der Waals surface area contributed by atoms with Crippen molar-refractivity contribution >= 4 is 0 Å². The van der Waals surface area contributed by atoms with Crippen molar-refractivity contribution in [2.75, 3.05) is 26.2 Å². The molecular weight excluding hydrogens is 234 g/mol. The molecule has 100 valence electrons. The Morgan fingerprint density at radius 1 is 1.28 bits per heavy atom. The van der Waals surface area contributed by atoms with Gasteiger partial charge in [-0.2, -0.15) is 0 Å². The van der Waals surface area contributed by atoms with Gasteiger partial charge in [0.15, 0.2) is 0 Å². The van der Waals surface area contributed by atoms with E-state index in [0.29, 0.717) is 5.56 Å². The van der Waals surface area contributed by atoms with Crippen molar-refractivity contribution in [3.63, 3.8) is 0 Å². The molecule has 1 aromatic rings. The smallest absolute Gasteiger partial charge is 0.130 e. The van der Waals surface area contributed by atoms with E-state index in [-0.39, 0.29) is 6.04 Å². The fourth-order valence-corrected chi connectivity index (χ4v) is 2.57. The van der Waals surface area contributed by atoms with Crippen LogP contribution in [0.2, 0.25) is 0 Å². The number of rotatable bonds is 4. The summed E-state index contributed by atoms with van der Waals surface area (Å²) in [5, 5.41) is 3.29. The second-order valence-electron chi connectivity index (χ2n) is 4.76. The van der Waals surface area contributed by atoms with Gasteiger partial charge >= 0.3 is 0 Å². The van der Waals surface area contributed by atoms with Crippen molar-refractivity contribution < 1.29 is 8.78 Å². The molecule has 1 fully saturated rings. The molecule has 0 aliphatic carbocycles. The number of nitrogens with zero attached hydrogens (tertiary/aromatic N) is 1. The zero-order valence-electron chi connectivity index (χ0n) is 10.8. The first-order valence-corrected chi connectivity index (χ1v) is 6.62. The average Bonchev–Trinajstić information content (AvgIpc) is 2.38. The van der Waals surface area contributed by atoms with Gasteiger partial charge in [-0.1, -0.05) is 19.4 Å². The van der Waals surface area contributed by atoms with Gasteiger partial charge in [0, 0.05) is 43.9 Å². The number of hydrogen-bond donors (Lipinski definition) is 1. The highest BCUT2D eigenvalue weighted by molar-refractivity contribution is 5.22. The molecule has 0 spiro atoms. The lowest BCUT2D eigenvalue weighted by molar-refractivity contribution is 0.161. The lowest BCUT2D eigenvalue weighted by Gasteiger charge is -2.35. The van der Waals surface area contributed by atoms with Crippen LogP contribution in [0.3, 0.4) is 0 Å². The molecule has 1 atom stereocenters. The van der Waals surface area contributed by atoms with Crippen LogP contribution in [-0.2, 0) is 0 Å². The van der Waals surface area contributed by atoms with Crippen molar-refractivity contribution in [2.45, 2.75) is 25.8 Å². The minimum atomic E-state index is -0.508. The lowest BCUT2D eigenvalue weighted by atomic mass is 9.99. The van der Waals surface area contributed by atoms with E-state index in [1.165, 1.54) is 6.07 Å². The Morgan fingerprint density at radius 2 is 2.00 bits per heavy atom. The van der Waals surface area contributed by atoms with E-state index in [1.54, 1.807) is 6.07 Å². The first kappa shape index (κ1) is 13.4. The number of benzene rings is 1. The van der Waals surface area contributed by atoms with Crippen LogP contribution >= 0.6 is 0 Å². The monoisotopic (exact) mass is 254 g/mol. The summed E-state index contributed by atoms with van der Waals surface area (Å²) in [5.41, 5.74) is 0.625. The largest absolute Gasteiger partial charge is 0.314 e. The van der Waals surface area contributed by atoms with Gasteiger partial charge < -0.3 is 5.32 Å². The molecule has 4 heteroatoms. The van der Waals surface area contributed by atoms with Crippen LogP contribution in [0.4, 0.5) is 8.78 Å². The van der Waals surface area contributed by atoms with E-state index >= 15 is 0 Å². The first-order valence-electron chi connectivity index (χ1n) is 6.62. The molecule has 0 amide bonds. The highest BCUT2D eigenvalue weighted by atomic mass is 19.1. The van der Waals surface area contributed by atoms with E-state index in [0.717, 1.165) is 45.1 Å². The third-order valence-corrected chi connectivity index (χ3v) is 3.48. The summed E-state index contributed by atoms with van der Waals surface area (Å²) in [6.45, 7) is 5.80. The van der Waals surface area contributed by atoms with Gasteiger partial charge in [-0.3, -0.25) is 4.90 Å². The average molecular weight is 254 g/mol. The van der Waals surface area contributed by atoms with Gasteiger partial charge in [0.05, 0.1) is 0 Å². The SMILES string of the molecule is CCC[C@@H](c1ccc(F)cc1F)N1CCNCC1. The zero-order valence-corrected chi connectivity index (χ0v) is 10.8. The Kier molecular flexibility index (Phi) is 4.66. The summed E-state index contributed by atoms with van der Waals surface area (Å²) >= 11 is 0. The zero-order chi connectivity index (χ0) is 13.0. The van der Waals surface area contributed by atoms with E-state index < -0.39 is 11.6 Å². The molecule has 2 nitrogen and oxygen atoms in total. The van der Waals surface area contributed by atoms with E-state index in [1.807, 2.05) is 0 Å². The van der Waals surface area contributed by atoms with Crippen molar-refractivity contribution in [2.24, 2.45) is 0 Å². The molecule has 1 aliphatic rings. The van der Waals surface area contributed by atoms with Crippen molar-refractivity contribution in [3.8, 4) is 0 Å². The second kappa shape index (κ2) is 6.25. The molecule has 0 radical (unpaired) electrons. The minimum Gasteiger partial charge on any atom is -0.314 e. The fraction of sp³-hybridized carbons (Fsp3) is 0.571. The Bertz CT molecular complexity index is 389. The maximum absolute atomic E-state index is 13.9. The summed E-state index contributed by atoms with van der Waals surface area (Å²) in [6.07, 6.45) is 1.90. The van der Waals surface area contributed by atoms with Gasteiger partial charge in [-0.15, -0.1) is 0 Å². The number of halogens is 2. The highest BCUT2D eigenvalue weighted by Crippen LogP contribution is 2.28. The van der Waals surface area contributed by atoms with Gasteiger partial charge in [0.1, 0.15) is 11.6 Å².